The van der Waals surface area contributed by atoms with E-state index in [1.54, 1.807) is 11.7 Å². The molecule has 1 aliphatic rings. The average Bonchev–Trinajstić information content (AvgIpc) is 3.07. The van der Waals surface area contributed by atoms with E-state index in [1.807, 2.05) is 30.5 Å². The van der Waals surface area contributed by atoms with E-state index in [4.69, 9.17) is 0 Å². The minimum atomic E-state index is -0.478. The van der Waals surface area contributed by atoms with E-state index in [9.17, 15) is 9.59 Å². The van der Waals surface area contributed by atoms with Crippen LogP contribution >= 0.6 is 27.7 Å². The lowest BCUT2D eigenvalue weighted by atomic mass is 9.99. The van der Waals surface area contributed by atoms with Gasteiger partial charge in [0.05, 0.1) is 5.56 Å². The van der Waals surface area contributed by atoms with Gasteiger partial charge in [0, 0.05) is 18.6 Å². The van der Waals surface area contributed by atoms with Gasteiger partial charge in [-0.2, -0.15) is 4.98 Å². The molecule has 1 aliphatic heterocycles. The maximum absolute atomic E-state index is 13.0. The van der Waals surface area contributed by atoms with Crippen LogP contribution in [0.3, 0.4) is 0 Å². The molecule has 1 unspecified atom stereocenters. The molecule has 0 amide bonds. The Kier molecular flexibility index (Phi) is 4.03. The van der Waals surface area contributed by atoms with Crippen LogP contribution < -0.4 is 16.6 Å². The first kappa shape index (κ1) is 17.1. The first-order valence-corrected chi connectivity index (χ1v) is 9.77. The van der Waals surface area contributed by atoms with Gasteiger partial charge in [0.1, 0.15) is 11.9 Å². The van der Waals surface area contributed by atoms with Gasteiger partial charge in [-0.05, 0) is 24.0 Å². The number of hydrogen-bond acceptors (Lipinski definition) is 6. The Morgan fingerprint density at radius 2 is 1.85 bits per heavy atom. The zero-order chi connectivity index (χ0) is 18.6. The van der Waals surface area contributed by atoms with E-state index in [-0.39, 0.29) is 5.56 Å². The second-order valence-electron chi connectivity index (χ2n) is 5.91. The lowest BCUT2D eigenvalue weighted by molar-refractivity contribution is 0.550. The van der Waals surface area contributed by atoms with E-state index in [0.29, 0.717) is 22.5 Å². The number of rotatable bonds is 2. The minimum Gasteiger partial charge on any atom is -0.310 e. The summed E-state index contributed by atoms with van der Waals surface area (Å²) in [6.07, 6.45) is 1.89. The van der Waals surface area contributed by atoms with Crippen molar-refractivity contribution in [2.75, 3.05) is 11.6 Å². The average molecular weight is 435 g/mol. The van der Waals surface area contributed by atoms with Gasteiger partial charge in [-0.3, -0.25) is 13.9 Å². The van der Waals surface area contributed by atoms with Crippen molar-refractivity contribution < 1.29 is 0 Å². The highest BCUT2D eigenvalue weighted by molar-refractivity contribution is 9.10. The Bertz CT molecular complexity index is 1130. The summed E-state index contributed by atoms with van der Waals surface area (Å²) >= 11 is 4.85. The smallest absolute Gasteiger partial charge is 0.310 e. The third-order valence-electron chi connectivity index (χ3n) is 4.43. The van der Waals surface area contributed by atoms with Crippen molar-refractivity contribution in [3.63, 3.8) is 0 Å². The van der Waals surface area contributed by atoms with Crippen molar-refractivity contribution >= 4 is 39.5 Å². The molecule has 1 aromatic carbocycles. The highest BCUT2D eigenvalue weighted by Gasteiger charge is 2.34. The minimum absolute atomic E-state index is 0.352. The predicted octanol–water partition coefficient (Wildman–Crippen LogP) is 1.85. The molecule has 0 saturated heterocycles. The highest BCUT2D eigenvalue weighted by atomic mass is 79.9. The summed E-state index contributed by atoms with van der Waals surface area (Å²) in [4.78, 5) is 29.8. The Balaban J connectivity index is 2.07. The molecule has 134 valence electrons. The van der Waals surface area contributed by atoms with Crippen LogP contribution in [0.4, 0.5) is 11.8 Å². The van der Waals surface area contributed by atoms with Crippen LogP contribution in [0.2, 0.25) is 0 Å². The van der Waals surface area contributed by atoms with Gasteiger partial charge in [-0.1, -0.05) is 39.8 Å². The fourth-order valence-corrected chi connectivity index (χ4v) is 3.72. The van der Waals surface area contributed by atoms with Crippen molar-refractivity contribution in [3.05, 3.63) is 60.7 Å². The first-order chi connectivity index (χ1) is 12.4. The van der Waals surface area contributed by atoms with Gasteiger partial charge >= 0.3 is 5.69 Å². The Morgan fingerprint density at radius 1 is 1.15 bits per heavy atom. The first-order valence-electron chi connectivity index (χ1n) is 7.75. The lowest BCUT2D eigenvalue weighted by Gasteiger charge is -2.28. The molecule has 3 heterocycles. The molecule has 1 N–H and O–H groups in total. The summed E-state index contributed by atoms with van der Waals surface area (Å²) in [6, 6.07) is 7.20. The van der Waals surface area contributed by atoms with Crippen molar-refractivity contribution in [2.24, 2.45) is 14.1 Å². The van der Waals surface area contributed by atoms with Crippen LogP contribution in [0.15, 0.2) is 43.5 Å². The molecular formula is C16H15BrN6O2S. The summed E-state index contributed by atoms with van der Waals surface area (Å²) in [6.45, 7) is 0. The molecule has 0 radical (unpaired) electrons. The Hall–Kier alpha value is -2.33. The van der Waals surface area contributed by atoms with E-state index in [0.717, 1.165) is 14.6 Å². The van der Waals surface area contributed by atoms with Gasteiger partial charge in [0.2, 0.25) is 11.1 Å². The van der Waals surface area contributed by atoms with Crippen LogP contribution in [0, 0.1) is 0 Å². The van der Waals surface area contributed by atoms with E-state index < -0.39 is 11.7 Å². The van der Waals surface area contributed by atoms with Crippen molar-refractivity contribution in [2.45, 2.75) is 11.2 Å². The quantitative estimate of drug-likeness (QED) is 0.484. The standard InChI is InChI=1S/C16H15BrN6O2S/c1-21-12-10(13(24)22(2)16(21)25)11(8-4-6-9(17)7-5-8)23-14(18-12)19-15(20-23)26-3/h4-7,11H,1-3H3,(H,18,19,20). The summed E-state index contributed by atoms with van der Waals surface area (Å²) < 4.78 is 5.18. The maximum Gasteiger partial charge on any atom is 0.332 e. The molecule has 10 heteroatoms. The van der Waals surface area contributed by atoms with E-state index in [1.165, 1.54) is 23.4 Å². The second-order valence-corrected chi connectivity index (χ2v) is 7.60. The van der Waals surface area contributed by atoms with Crippen molar-refractivity contribution in [1.29, 1.82) is 0 Å². The lowest BCUT2D eigenvalue weighted by Crippen LogP contribution is -2.43. The molecule has 0 spiro atoms. The number of fused-ring (bicyclic) bond motifs is 2. The summed E-state index contributed by atoms with van der Waals surface area (Å²) in [5.74, 6) is 0.941. The Labute approximate surface area is 161 Å². The maximum atomic E-state index is 13.0. The van der Waals surface area contributed by atoms with Crippen LogP contribution in [-0.2, 0) is 14.1 Å². The van der Waals surface area contributed by atoms with Crippen molar-refractivity contribution in [3.8, 4) is 0 Å². The fraction of sp³-hybridized carbons (Fsp3) is 0.250. The second kappa shape index (κ2) is 6.13. The van der Waals surface area contributed by atoms with Crippen molar-refractivity contribution in [1.82, 2.24) is 23.9 Å². The summed E-state index contributed by atoms with van der Waals surface area (Å²) in [5, 5.41) is 8.22. The molecule has 8 nitrogen and oxygen atoms in total. The molecular weight excluding hydrogens is 420 g/mol. The number of nitrogens with one attached hydrogen (secondary N) is 1. The highest BCUT2D eigenvalue weighted by Crippen LogP contribution is 2.37. The van der Waals surface area contributed by atoms with Gasteiger partial charge < -0.3 is 5.32 Å². The van der Waals surface area contributed by atoms with Gasteiger partial charge in [-0.25, -0.2) is 9.48 Å². The zero-order valence-electron chi connectivity index (χ0n) is 14.2. The third-order valence-corrected chi connectivity index (χ3v) is 5.49. The number of anilines is 2. The molecule has 3 aromatic rings. The number of hydrogen-bond donors (Lipinski definition) is 1. The zero-order valence-corrected chi connectivity index (χ0v) is 16.6. The molecule has 0 bridgehead atoms. The number of nitrogens with zero attached hydrogens (tertiary/aromatic N) is 5. The van der Waals surface area contributed by atoms with Crippen LogP contribution in [0.25, 0.3) is 0 Å². The monoisotopic (exact) mass is 434 g/mol. The van der Waals surface area contributed by atoms with Crippen LogP contribution in [-0.4, -0.2) is 30.2 Å². The predicted molar refractivity (Wildman–Crippen MR) is 103 cm³/mol. The SMILES string of the molecule is CSc1nc2n(n1)C(c1ccc(Br)cc1)c1c(n(C)c(=O)n(C)c1=O)N2. The largest absolute Gasteiger partial charge is 0.332 e. The Morgan fingerprint density at radius 3 is 2.50 bits per heavy atom. The van der Waals surface area contributed by atoms with Crippen LogP contribution in [0.1, 0.15) is 17.2 Å². The van der Waals surface area contributed by atoms with E-state index in [2.05, 4.69) is 31.3 Å². The van der Waals surface area contributed by atoms with Gasteiger partial charge in [-0.15, -0.1) is 5.10 Å². The van der Waals surface area contributed by atoms with E-state index >= 15 is 0 Å². The summed E-state index contributed by atoms with van der Waals surface area (Å²) in [5.41, 5.74) is 0.594. The van der Waals surface area contributed by atoms with Gasteiger partial charge in [0.15, 0.2) is 0 Å². The molecule has 4 rings (SSSR count). The topological polar surface area (TPSA) is 86.7 Å². The summed E-state index contributed by atoms with van der Waals surface area (Å²) in [7, 11) is 3.11. The molecule has 0 aliphatic carbocycles. The van der Waals surface area contributed by atoms with Crippen LogP contribution in [0.5, 0.6) is 0 Å². The third kappa shape index (κ3) is 2.43. The normalized spacial score (nSPS) is 15.3. The fourth-order valence-electron chi connectivity index (χ4n) is 3.10. The molecule has 0 saturated carbocycles. The molecule has 0 fully saturated rings. The van der Waals surface area contributed by atoms with Gasteiger partial charge in [0.25, 0.3) is 5.56 Å². The molecule has 2 aromatic heterocycles. The number of benzene rings is 1. The molecule has 26 heavy (non-hydrogen) atoms. The number of halogens is 1. The molecule has 1 atom stereocenters. The number of thioether (sulfide) groups is 1. The number of aromatic nitrogens is 5.